The molecule has 1 aromatic carbocycles. The van der Waals surface area contributed by atoms with Gasteiger partial charge in [-0.1, -0.05) is 12.1 Å². The molecule has 1 heterocycles. The van der Waals surface area contributed by atoms with Gasteiger partial charge in [0.05, 0.1) is 0 Å². The molecule has 1 aliphatic heterocycles. The Kier molecular flexibility index (Phi) is 5.53. The first-order valence-corrected chi connectivity index (χ1v) is 8.94. The molecule has 0 saturated carbocycles. The van der Waals surface area contributed by atoms with Crippen LogP contribution in [-0.4, -0.2) is 40.9 Å². The molecule has 2 rings (SSSR count). The molecule has 1 aliphatic rings. The molecular formula is C16H24N2O2S. The van der Waals surface area contributed by atoms with Gasteiger partial charge >= 0.3 is 0 Å². The first-order chi connectivity index (χ1) is 9.97. The fourth-order valence-electron chi connectivity index (χ4n) is 2.81. The lowest BCUT2D eigenvalue weighted by atomic mass is 9.92. The number of benzene rings is 1. The quantitative estimate of drug-likeness (QED) is 0.922. The minimum absolute atomic E-state index is 0.133. The molecule has 1 N–H and O–H groups in total. The number of nitrogens with one attached hydrogen (secondary N) is 1. The Morgan fingerprint density at radius 3 is 2.62 bits per heavy atom. The van der Waals surface area contributed by atoms with Crippen molar-refractivity contribution >= 4 is 16.7 Å². The lowest BCUT2D eigenvalue weighted by Crippen LogP contribution is -2.42. The smallest absolute Gasteiger partial charge is 0.225 e. The van der Waals surface area contributed by atoms with E-state index in [1.54, 1.807) is 11.2 Å². The molecule has 4 nitrogen and oxygen atoms in total. The summed E-state index contributed by atoms with van der Waals surface area (Å²) in [4.78, 5) is 15.1. The van der Waals surface area contributed by atoms with Gasteiger partial charge in [0.15, 0.2) is 0 Å². The Labute approximate surface area is 129 Å². The number of carbonyl (C=O) groups is 1. The highest BCUT2D eigenvalue weighted by molar-refractivity contribution is 7.84. The van der Waals surface area contributed by atoms with Crippen molar-refractivity contribution in [3.63, 3.8) is 0 Å². The highest BCUT2D eigenvalue weighted by Gasteiger charge is 2.26. The van der Waals surface area contributed by atoms with E-state index >= 15 is 0 Å². The summed E-state index contributed by atoms with van der Waals surface area (Å²) in [5.74, 6) is 0.361. The van der Waals surface area contributed by atoms with Crippen molar-refractivity contribution in [1.82, 2.24) is 10.2 Å². The largest absolute Gasteiger partial charge is 0.341 e. The van der Waals surface area contributed by atoms with Crippen molar-refractivity contribution in [2.24, 2.45) is 5.92 Å². The van der Waals surface area contributed by atoms with Gasteiger partial charge in [0, 0.05) is 47.5 Å². The molecule has 0 radical (unpaired) electrons. The van der Waals surface area contributed by atoms with Gasteiger partial charge in [0.1, 0.15) is 0 Å². The van der Waals surface area contributed by atoms with Crippen LogP contribution in [0.15, 0.2) is 29.2 Å². The average Bonchev–Trinajstić information content (AvgIpc) is 2.47. The van der Waals surface area contributed by atoms with Crippen LogP contribution >= 0.6 is 0 Å². The first-order valence-electron chi connectivity index (χ1n) is 7.38. The molecule has 0 spiro atoms. The second-order valence-corrected chi connectivity index (χ2v) is 7.25. The molecule has 21 heavy (non-hydrogen) atoms. The van der Waals surface area contributed by atoms with E-state index < -0.39 is 10.8 Å². The lowest BCUT2D eigenvalue weighted by Gasteiger charge is -2.30. The fourth-order valence-corrected chi connectivity index (χ4v) is 3.33. The summed E-state index contributed by atoms with van der Waals surface area (Å²) in [5, 5.41) is 3.37. The zero-order valence-corrected chi connectivity index (χ0v) is 13.8. The van der Waals surface area contributed by atoms with Crippen molar-refractivity contribution in [2.75, 3.05) is 19.8 Å². The van der Waals surface area contributed by atoms with Crippen LogP contribution in [0.5, 0.6) is 0 Å². The standard InChI is InChI=1S/C16H24N2O2S/c1-12-10-14(8-9-17-12)16(19)18(2)11-13-4-6-15(7-5-13)21(3)20/h4-7,12,14,17H,8-11H2,1-3H3/t12-,14-,21?/m0/s1. The SMILES string of the molecule is C[C@H]1C[C@@H](C(=O)N(C)Cc2ccc(S(C)=O)cc2)CCN1. The molecule has 3 atom stereocenters. The fraction of sp³-hybridized carbons (Fsp3) is 0.562. The normalized spacial score (nSPS) is 23.6. The van der Waals surface area contributed by atoms with Crippen molar-refractivity contribution in [3.8, 4) is 0 Å². The van der Waals surface area contributed by atoms with Crippen LogP contribution < -0.4 is 5.32 Å². The molecule has 1 fully saturated rings. The Morgan fingerprint density at radius 2 is 2.05 bits per heavy atom. The van der Waals surface area contributed by atoms with Crippen LogP contribution in [0.1, 0.15) is 25.3 Å². The van der Waals surface area contributed by atoms with E-state index in [9.17, 15) is 9.00 Å². The maximum Gasteiger partial charge on any atom is 0.225 e. The second kappa shape index (κ2) is 7.18. The minimum atomic E-state index is -0.954. The Morgan fingerprint density at radius 1 is 1.38 bits per heavy atom. The van der Waals surface area contributed by atoms with Gasteiger partial charge in [0.2, 0.25) is 5.91 Å². The van der Waals surface area contributed by atoms with Gasteiger partial charge in [-0.3, -0.25) is 9.00 Å². The summed E-state index contributed by atoms with van der Waals surface area (Å²) >= 11 is 0. The molecule has 1 aromatic rings. The second-order valence-electron chi connectivity index (χ2n) is 5.87. The third kappa shape index (κ3) is 4.38. The monoisotopic (exact) mass is 308 g/mol. The van der Waals surface area contributed by atoms with Gasteiger partial charge in [-0.2, -0.15) is 0 Å². The average molecular weight is 308 g/mol. The van der Waals surface area contributed by atoms with E-state index in [0.717, 1.165) is 29.8 Å². The van der Waals surface area contributed by atoms with Gasteiger partial charge in [0.25, 0.3) is 0 Å². The highest BCUT2D eigenvalue weighted by atomic mass is 32.2. The minimum Gasteiger partial charge on any atom is -0.341 e. The molecule has 116 valence electrons. The third-order valence-corrected chi connectivity index (χ3v) is 4.96. The number of hydrogen-bond acceptors (Lipinski definition) is 3. The number of rotatable bonds is 4. The summed E-state index contributed by atoms with van der Waals surface area (Å²) in [6.45, 7) is 3.65. The third-order valence-electron chi connectivity index (χ3n) is 4.02. The van der Waals surface area contributed by atoms with Crippen molar-refractivity contribution in [3.05, 3.63) is 29.8 Å². The molecule has 1 saturated heterocycles. The van der Waals surface area contributed by atoms with Crippen LogP contribution in [0.4, 0.5) is 0 Å². The maximum atomic E-state index is 12.5. The van der Waals surface area contributed by atoms with E-state index in [1.165, 1.54) is 0 Å². The zero-order chi connectivity index (χ0) is 15.4. The number of carbonyl (C=O) groups excluding carboxylic acids is 1. The van der Waals surface area contributed by atoms with Crippen LogP contribution in [0.3, 0.4) is 0 Å². The molecule has 0 aliphatic carbocycles. The van der Waals surface area contributed by atoms with Crippen LogP contribution in [0.25, 0.3) is 0 Å². The van der Waals surface area contributed by atoms with Crippen molar-refractivity contribution in [2.45, 2.75) is 37.2 Å². The van der Waals surface area contributed by atoms with Gasteiger partial charge in [-0.15, -0.1) is 0 Å². The van der Waals surface area contributed by atoms with Gasteiger partial charge in [-0.05, 0) is 44.0 Å². The van der Waals surface area contributed by atoms with Crippen molar-refractivity contribution < 1.29 is 9.00 Å². The molecule has 5 heteroatoms. The van der Waals surface area contributed by atoms with E-state index in [-0.39, 0.29) is 11.8 Å². The predicted molar refractivity (Wildman–Crippen MR) is 85.4 cm³/mol. The number of piperidine rings is 1. The molecule has 0 bridgehead atoms. The number of amides is 1. The topological polar surface area (TPSA) is 49.4 Å². The Balaban J connectivity index is 1.95. The van der Waals surface area contributed by atoms with Crippen molar-refractivity contribution in [1.29, 1.82) is 0 Å². The van der Waals surface area contributed by atoms with Crippen LogP contribution in [0.2, 0.25) is 0 Å². The van der Waals surface area contributed by atoms with Gasteiger partial charge in [-0.25, -0.2) is 0 Å². The van der Waals surface area contributed by atoms with E-state index in [2.05, 4.69) is 12.2 Å². The molecular weight excluding hydrogens is 284 g/mol. The van der Waals surface area contributed by atoms with Gasteiger partial charge < -0.3 is 10.2 Å². The van der Waals surface area contributed by atoms with Crippen LogP contribution in [0, 0.1) is 5.92 Å². The Hall–Kier alpha value is -1.20. The van der Waals surface area contributed by atoms with E-state index in [1.807, 2.05) is 31.3 Å². The summed E-state index contributed by atoms with van der Waals surface area (Å²) in [6, 6.07) is 8.06. The van der Waals surface area contributed by atoms with Crippen LogP contribution in [-0.2, 0) is 22.1 Å². The van der Waals surface area contributed by atoms with E-state index in [4.69, 9.17) is 0 Å². The first kappa shape index (κ1) is 16.2. The summed E-state index contributed by atoms with van der Waals surface area (Å²) in [6.07, 6.45) is 3.50. The lowest BCUT2D eigenvalue weighted by molar-refractivity contribution is -0.135. The molecule has 1 amide bonds. The van der Waals surface area contributed by atoms with E-state index in [0.29, 0.717) is 12.6 Å². The number of hydrogen-bond donors (Lipinski definition) is 1. The zero-order valence-electron chi connectivity index (χ0n) is 13.0. The maximum absolute atomic E-state index is 12.5. The highest BCUT2D eigenvalue weighted by Crippen LogP contribution is 2.19. The molecule has 1 unspecified atom stereocenters. The summed E-state index contributed by atoms with van der Waals surface area (Å²) < 4.78 is 11.4. The number of nitrogens with zero attached hydrogens (tertiary/aromatic N) is 1. The predicted octanol–water partition coefficient (Wildman–Crippen LogP) is 1.77. The molecule has 0 aromatic heterocycles. The Bertz CT molecular complexity index is 516. The summed E-state index contributed by atoms with van der Waals surface area (Å²) in [5.41, 5.74) is 1.07. The summed E-state index contributed by atoms with van der Waals surface area (Å²) in [7, 11) is 0.908.